The molecule has 4 rings (SSSR count). The minimum absolute atomic E-state index is 0.220. The zero-order valence-electron chi connectivity index (χ0n) is 16.4. The van der Waals surface area contributed by atoms with Crippen molar-refractivity contribution in [2.75, 3.05) is 18.5 Å². The van der Waals surface area contributed by atoms with E-state index in [4.69, 9.17) is 9.15 Å². The Hall–Kier alpha value is -2.84. The highest BCUT2D eigenvalue weighted by molar-refractivity contribution is 7.16. The van der Waals surface area contributed by atoms with Gasteiger partial charge < -0.3 is 13.9 Å². The fraction of sp³-hybridized carbons (Fsp3) is 0.333. The summed E-state index contributed by atoms with van der Waals surface area (Å²) in [5.41, 5.74) is 2.13. The second kappa shape index (κ2) is 10.1. The number of carbonyl (C=O) groups is 2. The fourth-order valence-corrected chi connectivity index (χ4v) is 3.53. The van der Waals surface area contributed by atoms with Gasteiger partial charge in [0.15, 0.2) is 10.9 Å². The lowest BCUT2D eigenvalue weighted by Gasteiger charge is -2.15. The number of carbonyl (C=O) groups excluding carboxylic acids is 2. The molecule has 1 amide bonds. The molecular formula is C21H23N3O4S. The van der Waals surface area contributed by atoms with Crippen LogP contribution in [0.2, 0.25) is 0 Å². The first-order chi connectivity index (χ1) is 14.1. The Kier molecular flexibility index (Phi) is 7.26. The van der Waals surface area contributed by atoms with Gasteiger partial charge in [0, 0.05) is 35.9 Å². The molecule has 8 heteroatoms. The number of aromatic nitrogens is 2. The van der Waals surface area contributed by atoms with Crippen LogP contribution in [-0.4, -0.2) is 35.4 Å². The van der Waals surface area contributed by atoms with Gasteiger partial charge in [0.05, 0.1) is 11.8 Å². The second-order valence-electron chi connectivity index (χ2n) is 6.63. The number of nitrogens with zero attached hydrogens (tertiary/aromatic N) is 2. The Morgan fingerprint density at radius 1 is 1.24 bits per heavy atom. The molecule has 1 aliphatic heterocycles. The summed E-state index contributed by atoms with van der Waals surface area (Å²) in [7, 11) is 0. The Balaban J connectivity index is 0.000000252. The lowest BCUT2D eigenvalue weighted by Crippen LogP contribution is -2.16. The average molecular weight is 413 g/mol. The molecule has 152 valence electrons. The van der Waals surface area contributed by atoms with Gasteiger partial charge in [-0.2, -0.15) is 0 Å². The van der Waals surface area contributed by atoms with Gasteiger partial charge in [-0.15, -0.1) is 11.3 Å². The van der Waals surface area contributed by atoms with Crippen molar-refractivity contribution in [2.24, 2.45) is 5.92 Å². The molecule has 4 heterocycles. The number of nitrogens with one attached hydrogen (secondary N) is 1. The molecule has 1 saturated heterocycles. The molecular weight excluding hydrogens is 390 g/mol. The average Bonchev–Trinajstić information content (AvgIpc) is 3.39. The maximum absolute atomic E-state index is 12.1. The molecule has 0 aromatic carbocycles. The normalized spacial score (nSPS) is 14.0. The van der Waals surface area contributed by atoms with Crippen molar-refractivity contribution >= 4 is 28.7 Å². The third-order valence-corrected chi connectivity index (χ3v) is 5.29. The Labute approximate surface area is 173 Å². The quantitative estimate of drug-likeness (QED) is 0.642. The van der Waals surface area contributed by atoms with Crippen LogP contribution in [0.4, 0.5) is 5.13 Å². The van der Waals surface area contributed by atoms with Crippen LogP contribution in [0.1, 0.15) is 33.8 Å². The Morgan fingerprint density at radius 2 is 2.03 bits per heavy atom. The molecule has 1 fully saturated rings. The van der Waals surface area contributed by atoms with E-state index in [1.54, 1.807) is 24.6 Å². The van der Waals surface area contributed by atoms with Crippen LogP contribution in [-0.2, 0) is 9.53 Å². The van der Waals surface area contributed by atoms with E-state index in [0.29, 0.717) is 16.5 Å². The highest BCUT2D eigenvalue weighted by atomic mass is 32.1. The number of ether oxygens (including phenoxy) is 1. The topological polar surface area (TPSA) is 94.3 Å². The van der Waals surface area contributed by atoms with E-state index < -0.39 is 0 Å². The first kappa shape index (κ1) is 20.9. The van der Waals surface area contributed by atoms with Crippen LogP contribution in [0.25, 0.3) is 11.5 Å². The van der Waals surface area contributed by atoms with Crippen molar-refractivity contribution in [3.63, 3.8) is 0 Å². The molecule has 0 unspecified atom stereocenters. The zero-order valence-corrected chi connectivity index (χ0v) is 17.2. The van der Waals surface area contributed by atoms with Crippen molar-refractivity contribution in [3.05, 3.63) is 52.9 Å². The summed E-state index contributed by atoms with van der Waals surface area (Å²) in [5.74, 6) is 0.757. The van der Waals surface area contributed by atoms with Crippen molar-refractivity contribution in [1.29, 1.82) is 0 Å². The largest absolute Gasteiger partial charge is 0.463 e. The highest BCUT2D eigenvalue weighted by Gasteiger charge is 2.15. The van der Waals surface area contributed by atoms with E-state index >= 15 is 0 Å². The van der Waals surface area contributed by atoms with Crippen LogP contribution in [0.5, 0.6) is 0 Å². The van der Waals surface area contributed by atoms with Crippen molar-refractivity contribution in [1.82, 2.24) is 9.97 Å². The lowest BCUT2D eigenvalue weighted by atomic mass is 10.0. The summed E-state index contributed by atoms with van der Waals surface area (Å²) in [6.07, 6.45) is 6.03. The molecule has 1 N–H and O–H groups in total. The van der Waals surface area contributed by atoms with Crippen LogP contribution < -0.4 is 5.32 Å². The highest BCUT2D eigenvalue weighted by Crippen LogP contribution is 2.30. The zero-order chi connectivity index (χ0) is 20.6. The van der Waals surface area contributed by atoms with Gasteiger partial charge in [-0.25, -0.2) is 4.98 Å². The first-order valence-electron chi connectivity index (χ1n) is 9.35. The predicted molar refractivity (Wildman–Crippen MR) is 111 cm³/mol. The summed E-state index contributed by atoms with van der Waals surface area (Å²) in [4.78, 5) is 31.7. The summed E-state index contributed by atoms with van der Waals surface area (Å²) in [5, 5.41) is 3.33. The Bertz CT molecular complexity index is 930. The van der Waals surface area contributed by atoms with Gasteiger partial charge in [-0.1, -0.05) is 0 Å². The predicted octanol–water partition coefficient (Wildman–Crippen LogP) is 4.28. The van der Waals surface area contributed by atoms with Crippen molar-refractivity contribution < 1.29 is 18.7 Å². The van der Waals surface area contributed by atoms with Crippen molar-refractivity contribution in [2.45, 2.75) is 26.7 Å². The molecule has 0 saturated carbocycles. The number of hydrogen-bond acceptors (Lipinski definition) is 7. The summed E-state index contributed by atoms with van der Waals surface area (Å²) >= 11 is 1.42. The number of pyridine rings is 1. The van der Waals surface area contributed by atoms with Crippen LogP contribution >= 0.6 is 11.3 Å². The van der Waals surface area contributed by atoms with E-state index in [-0.39, 0.29) is 11.8 Å². The summed E-state index contributed by atoms with van der Waals surface area (Å²) in [6.45, 7) is 5.35. The molecule has 0 atom stereocenters. The van der Waals surface area contributed by atoms with Gasteiger partial charge in [0.2, 0.25) is 0 Å². The van der Waals surface area contributed by atoms with Gasteiger partial charge in [0.1, 0.15) is 12.0 Å². The molecule has 7 nitrogen and oxygen atoms in total. The molecule has 0 spiro atoms. The number of aldehydes is 1. The third-order valence-electron chi connectivity index (χ3n) is 4.40. The minimum Gasteiger partial charge on any atom is -0.463 e. The smallest absolute Gasteiger partial charge is 0.259 e. The van der Waals surface area contributed by atoms with Crippen molar-refractivity contribution in [3.8, 4) is 11.5 Å². The van der Waals surface area contributed by atoms with E-state index in [1.807, 2.05) is 26.0 Å². The SMILES string of the molecule is Cc1ccc(C(=O)Nc2nc(-c3ccco3)c(C)s2)cn1.O=CC1CCOCC1. The fourth-order valence-electron chi connectivity index (χ4n) is 2.72. The summed E-state index contributed by atoms with van der Waals surface area (Å²) in [6, 6.07) is 7.20. The monoisotopic (exact) mass is 413 g/mol. The first-order valence-corrected chi connectivity index (χ1v) is 10.2. The minimum atomic E-state index is -0.220. The molecule has 0 bridgehead atoms. The van der Waals surface area contributed by atoms with Gasteiger partial charge in [-0.05, 0) is 51.0 Å². The molecule has 0 radical (unpaired) electrons. The second-order valence-corrected chi connectivity index (χ2v) is 7.83. The maximum Gasteiger partial charge on any atom is 0.259 e. The van der Waals surface area contributed by atoms with Gasteiger partial charge >= 0.3 is 0 Å². The number of rotatable bonds is 4. The molecule has 0 aliphatic carbocycles. The Morgan fingerprint density at radius 3 is 2.62 bits per heavy atom. The van der Waals surface area contributed by atoms with Gasteiger partial charge in [-0.3, -0.25) is 15.1 Å². The number of anilines is 1. The van der Waals surface area contributed by atoms with Crippen LogP contribution in [0.15, 0.2) is 41.1 Å². The molecule has 3 aromatic rings. The number of hydrogen-bond donors (Lipinski definition) is 1. The van der Waals surface area contributed by atoms with E-state index in [1.165, 1.54) is 11.3 Å². The maximum atomic E-state index is 12.1. The van der Waals surface area contributed by atoms with Crippen LogP contribution in [0.3, 0.4) is 0 Å². The number of furan rings is 1. The standard InChI is InChI=1S/C15H13N3O2S.C6H10O2/c1-9-5-6-11(8-16-9)14(19)18-15-17-13(10(2)21-15)12-4-3-7-20-12;7-5-6-1-3-8-4-2-6/h3-8H,1-2H3,(H,17,18,19);5-6H,1-4H2. The van der Waals surface area contributed by atoms with E-state index in [2.05, 4.69) is 15.3 Å². The molecule has 3 aromatic heterocycles. The lowest BCUT2D eigenvalue weighted by molar-refractivity contribution is -0.113. The summed E-state index contributed by atoms with van der Waals surface area (Å²) < 4.78 is 10.4. The number of thiazole rings is 1. The number of amides is 1. The third kappa shape index (κ3) is 5.82. The molecule has 1 aliphatic rings. The molecule has 29 heavy (non-hydrogen) atoms. The van der Waals surface area contributed by atoms with E-state index in [9.17, 15) is 9.59 Å². The number of aryl methyl sites for hydroxylation is 2. The van der Waals surface area contributed by atoms with Gasteiger partial charge in [0.25, 0.3) is 5.91 Å². The van der Waals surface area contributed by atoms with E-state index in [0.717, 1.165) is 48.6 Å². The van der Waals surface area contributed by atoms with Crippen LogP contribution in [0, 0.1) is 19.8 Å².